The number of methoxy groups -OCH3 is 2. The smallest absolute Gasteiger partial charge is 0.258 e. The van der Waals surface area contributed by atoms with Gasteiger partial charge in [-0.2, -0.15) is 10.2 Å². The second-order valence-corrected chi connectivity index (χ2v) is 5.59. The second-order valence-electron chi connectivity index (χ2n) is 5.59. The van der Waals surface area contributed by atoms with E-state index >= 15 is 0 Å². The summed E-state index contributed by atoms with van der Waals surface area (Å²) in [6.07, 6.45) is 0. The zero-order valence-corrected chi connectivity index (χ0v) is 15.5. The highest BCUT2D eigenvalue weighted by Gasteiger charge is 2.24. The summed E-state index contributed by atoms with van der Waals surface area (Å²) in [5.74, 6) is -0.680. The molecule has 0 aliphatic heterocycles. The Labute approximate surface area is 160 Å². The van der Waals surface area contributed by atoms with Crippen LogP contribution in [0.15, 0.2) is 52.7 Å². The molecule has 0 radical (unpaired) electrons. The number of carbonyl (C=O) groups excluding carboxylic acids is 2. The molecule has 0 saturated carbocycles. The number of hydrogen-bond acceptors (Lipinski definition) is 8. The van der Waals surface area contributed by atoms with Crippen LogP contribution in [0.5, 0.6) is 11.5 Å². The van der Waals surface area contributed by atoms with Crippen molar-refractivity contribution in [3.63, 3.8) is 0 Å². The first-order chi connectivity index (χ1) is 13.4. The van der Waals surface area contributed by atoms with Gasteiger partial charge in [0, 0.05) is 12.1 Å². The minimum absolute atomic E-state index is 0.104. The van der Waals surface area contributed by atoms with Gasteiger partial charge in [-0.1, -0.05) is 12.1 Å². The van der Waals surface area contributed by atoms with Gasteiger partial charge in [-0.3, -0.25) is 9.59 Å². The van der Waals surface area contributed by atoms with Crippen molar-refractivity contribution in [1.82, 2.24) is 0 Å². The van der Waals surface area contributed by atoms with E-state index in [9.17, 15) is 20.0 Å². The second kappa shape index (κ2) is 9.55. The number of ether oxygens (including phenoxy) is 2. The number of rotatable bonds is 8. The standard InChI is InChI=1S/C18H19N4O6/c1-11(23)17(18(24)19-13-6-4-5-7-15(13)27-2)21-20-14-9-8-12(22(25)26)10-16(14)28-3/h4-10,17,22H,1-3H3,(H,19,24)/q-1. The van der Waals surface area contributed by atoms with Crippen molar-refractivity contribution in [2.45, 2.75) is 13.0 Å². The summed E-state index contributed by atoms with van der Waals surface area (Å²) in [6, 6.07) is 9.10. The third-order valence-corrected chi connectivity index (χ3v) is 3.69. The Hall–Kier alpha value is -3.34. The molecule has 0 aromatic heterocycles. The van der Waals surface area contributed by atoms with Gasteiger partial charge in [0.25, 0.3) is 5.91 Å². The van der Waals surface area contributed by atoms with E-state index in [0.717, 1.165) is 0 Å². The SMILES string of the molecule is COc1cc([NH+]([O-])[O-])ccc1N=NC(C(C)=O)C(=O)Nc1ccccc1OC. The zero-order valence-electron chi connectivity index (χ0n) is 15.5. The Bertz CT molecular complexity index is 884. The van der Waals surface area contributed by atoms with E-state index in [1.165, 1.54) is 39.3 Å². The fraction of sp³-hybridized carbons (Fsp3) is 0.222. The number of quaternary nitrogens is 1. The fourth-order valence-electron chi connectivity index (χ4n) is 2.27. The molecular weight excluding hydrogens is 368 g/mol. The number of amides is 1. The molecule has 0 aliphatic carbocycles. The molecule has 0 spiro atoms. The predicted octanol–water partition coefficient (Wildman–Crippen LogP) is 1.90. The van der Waals surface area contributed by atoms with Gasteiger partial charge in [0.15, 0.2) is 11.5 Å². The number of benzene rings is 2. The molecule has 2 aromatic rings. The number of ketones is 1. The van der Waals surface area contributed by atoms with Crippen LogP contribution < -0.4 is 20.0 Å². The van der Waals surface area contributed by atoms with Crippen molar-refractivity contribution in [1.29, 1.82) is 0 Å². The lowest BCUT2D eigenvalue weighted by molar-refractivity contribution is -0.715. The van der Waals surface area contributed by atoms with Crippen LogP contribution in [0.3, 0.4) is 0 Å². The highest BCUT2D eigenvalue weighted by Crippen LogP contribution is 2.30. The number of para-hydroxylation sites is 2. The van der Waals surface area contributed by atoms with Crippen molar-refractivity contribution in [3.8, 4) is 11.5 Å². The van der Waals surface area contributed by atoms with E-state index in [1.54, 1.807) is 24.3 Å². The number of carbonyl (C=O) groups is 2. The van der Waals surface area contributed by atoms with Gasteiger partial charge in [0.05, 0.1) is 19.9 Å². The Balaban J connectivity index is 2.25. The Morgan fingerprint density at radius 2 is 1.75 bits per heavy atom. The molecule has 1 unspecified atom stereocenters. The fourth-order valence-corrected chi connectivity index (χ4v) is 2.27. The third kappa shape index (κ3) is 5.10. The minimum atomic E-state index is -1.41. The van der Waals surface area contributed by atoms with Crippen molar-refractivity contribution in [3.05, 3.63) is 52.9 Å². The van der Waals surface area contributed by atoms with Crippen molar-refractivity contribution >= 4 is 28.8 Å². The van der Waals surface area contributed by atoms with Crippen molar-refractivity contribution in [2.24, 2.45) is 10.2 Å². The van der Waals surface area contributed by atoms with Gasteiger partial charge >= 0.3 is 0 Å². The molecule has 0 fully saturated rings. The molecule has 10 nitrogen and oxygen atoms in total. The van der Waals surface area contributed by atoms with Crippen LogP contribution in [-0.4, -0.2) is 32.0 Å². The molecule has 0 aliphatic rings. The Kier molecular flexibility index (Phi) is 7.15. The molecule has 148 valence electrons. The first-order valence-corrected chi connectivity index (χ1v) is 8.12. The number of nitrogens with zero attached hydrogens (tertiary/aromatic N) is 2. The van der Waals surface area contributed by atoms with E-state index in [1.807, 2.05) is 0 Å². The summed E-state index contributed by atoms with van der Waals surface area (Å²) in [5.41, 5.74) is 0.434. The van der Waals surface area contributed by atoms with Gasteiger partial charge in [0.1, 0.15) is 17.1 Å². The van der Waals surface area contributed by atoms with Crippen LogP contribution in [-0.2, 0) is 9.59 Å². The monoisotopic (exact) mass is 387 g/mol. The Morgan fingerprint density at radius 1 is 1.07 bits per heavy atom. The molecule has 2 N–H and O–H groups in total. The van der Waals surface area contributed by atoms with E-state index < -0.39 is 23.0 Å². The number of Topliss-reactive ketones (excluding diaryl/α,β-unsaturated/α-hetero) is 1. The molecule has 2 aromatic carbocycles. The van der Waals surface area contributed by atoms with Crippen LogP contribution in [0.1, 0.15) is 6.92 Å². The lowest BCUT2D eigenvalue weighted by Crippen LogP contribution is -2.96. The highest BCUT2D eigenvalue weighted by molar-refractivity contribution is 6.10. The molecule has 0 saturated heterocycles. The molecule has 28 heavy (non-hydrogen) atoms. The Morgan fingerprint density at radius 3 is 2.36 bits per heavy atom. The van der Waals surface area contributed by atoms with Crippen molar-refractivity contribution in [2.75, 3.05) is 19.5 Å². The van der Waals surface area contributed by atoms with Gasteiger partial charge in [-0.05, 0) is 25.1 Å². The number of hydrogen-bond donors (Lipinski definition) is 2. The maximum absolute atomic E-state index is 12.5. The maximum Gasteiger partial charge on any atom is 0.258 e. The van der Waals surface area contributed by atoms with Crippen LogP contribution in [0, 0.1) is 10.4 Å². The van der Waals surface area contributed by atoms with Crippen LogP contribution in [0.25, 0.3) is 0 Å². The molecule has 2 rings (SSSR count). The summed E-state index contributed by atoms with van der Waals surface area (Å²) in [7, 11) is 2.78. The quantitative estimate of drug-likeness (QED) is 0.403. The summed E-state index contributed by atoms with van der Waals surface area (Å²) >= 11 is 0. The minimum Gasteiger partial charge on any atom is -0.628 e. The summed E-state index contributed by atoms with van der Waals surface area (Å²) < 4.78 is 10.2. The lowest BCUT2D eigenvalue weighted by Gasteiger charge is -2.24. The molecular formula is C18H19N4O6-. The van der Waals surface area contributed by atoms with Crippen LogP contribution in [0.2, 0.25) is 0 Å². The van der Waals surface area contributed by atoms with E-state index in [0.29, 0.717) is 11.4 Å². The molecule has 1 atom stereocenters. The highest BCUT2D eigenvalue weighted by atomic mass is 16.8. The summed E-state index contributed by atoms with van der Waals surface area (Å²) in [6.45, 7) is 1.21. The average Bonchev–Trinajstić information content (AvgIpc) is 2.68. The van der Waals surface area contributed by atoms with Crippen molar-refractivity contribution < 1.29 is 24.3 Å². The first-order valence-electron chi connectivity index (χ1n) is 8.12. The van der Waals surface area contributed by atoms with Gasteiger partial charge in [-0.25, -0.2) is 0 Å². The normalized spacial score (nSPS) is 12.1. The average molecular weight is 387 g/mol. The van der Waals surface area contributed by atoms with E-state index in [4.69, 9.17) is 9.47 Å². The van der Waals surface area contributed by atoms with Gasteiger partial charge < -0.3 is 30.4 Å². The largest absolute Gasteiger partial charge is 0.628 e. The predicted molar refractivity (Wildman–Crippen MR) is 101 cm³/mol. The first kappa shape index (κ1) is 21.0. The van der Waals surface area contributed by atoms with Crippen LogP contribution in [0.4, 0.5) is 17.1 Å². The van der Waals surface area contributed by atoms with E-state index in [2.05, 4.69) is 15.5 Å². The number of azo groups is 1. The molecule has 10 heteroatoms. The van der Waals surface area contributed by atoms with E-state index in [-0.39, 0.29) is 17.1 Å². The topological polar surface area (TPSA) is 140 Å². The van der Waals surface area contributed by atoms with Gasteiger partial charge in [0.2, 0.25) is 6.04 Å². The number of nitrogens with one attached hydrogen (secondary N) is 2. The van der Waals surface area contributed by atoms with Crippen LogP contribution >= 0.6 is 0 Å². The zero-order chi connectivity index (χ0) is 20.7. The number of anilines is 1. The lowest BCUT2D eigenvalue weighted by atomic mass is 10.2. The molecule has 0 bridgehead atoms. The summed E-state index contributed by atoms with van der Waals surface area (Å²) in [5, 5.41) is 30.7. The van der Waals surface area contributed by atoms with Gasteiger partial charge in [-0.15, -0.1) is 0 Å². The maximum atomic E-state index is 12.5. The molecule has 0 heterocycles. The molecule has 1 amide bonds. The summed E-state index contributed by atoms with van der Waals surface area (Å²) in [4.78, 5) is 24.4. The third-order valence-electron chi connectivity index (χ3n) is 3.69.